The zero-order chi connectivity index (χ0) is 10.3. The molecule has 0 bridgehead atoms. The van der Waals surface area contributed by atoms with Gasteiger partial charge in [-0.25, -0.2) is 0 Å². The monoisotopic (exact) mass is 226 g/mol. The maximum absolute atomic E-state index is 12.0. The topological polar surface area (TPSA) is 46.5 Å². The van der Waals surface area contributed by atoms with E-state index in [2.05, 4.69) is 0 Å². The molecule has 0 aromatic rings. The first-order valence-corrected chi connectivity index (χ1v) is 6.74. The fraction of sp³-hybridized carbons (Fsp3) is 1.00. The fourth-order valence-corrected chi connectivity index (χ4v) is 5.64. The smallest absolute Gasteiger partial charge is 0.207 e. The Morgan fingerprint density at radius 2 is 2.08 bits per heavy atom. The third kappa shape index (κ3) is 2.10. The van der Waals surface area contributed by atoms with Crippen molar-refractivity contribution in [1.82, 2.24) is 0 Å². The van der Waals surface area contributed by atoms with Gasteiger partial charge in [-0.2, -0.15) is 0 Å². The lowest BCUT2D eigenvalue weighted by molar-refractivity contribution is 0.0589. The SMILES string of the molecule is CCOP1(=O)CC(C)(O)C(C)(Cl)C1. The van der Waals surface area contributed by atoms with Crippen molar-refractivity contribution >= 4 is 19.0 Å². The van der Waals surface area contributed by atoms with Crippen LogP contribution in [0, 0.1) is 0 Å². The van der Waals surface area contributed by atoms with Gasteiger partial charge < -0.3 is 9.63 Å². The summed E-state index contributed by atoms with van der Waals surface area (Å²) in [7, 11) is -2.70. The van der Waals surface area contributed by atoms with Crippen molar-refractivity contribution in [2.24, 2.45) is 0 Å². The van der Waals surface area contributed by atoms with Gasteiger partial charge in [-0.1, -0.05) is 0 Å². The Hall–Kier alpha value is 0.440. The second kappa shape index (κ2) is 3.23. The highest BCUT2D eigenvalue weighted by Crippen LogP contribution is 2.61. The summed E-state index contributed by atoms with van der Waals surface area (Å²) in [6.45, 7) is 5.50. The van der Waals surface area contributed by atoms with Crippen LogP contribution >= 0.6 is 19.0 Å². The third-order valence-corrected chi connectivity index (χ3v) is 6.24. The van der Waals surface area contributed by atoms with Gasteiger partial charge in [0.05, 0.1) is 23.2 Å². The van der Waals surface area contributed by atoms with Gasteiger partial charge in [0.25, 0.3) is 0 Å². The van der Waals surface area contributed by atoms with E-state index in [0.717, 1.165) is 0 Å². The zero-order valence-electron chi connectivity index (χ0n) is 8.21. The molecule has 0 aromatic heterocycles. The van der Waals surface area contributed by atoms with Crippen LogP contribution in [-0.4, -0.2) is 34.5 Å². The summed E-state index contributed by atoms with van der Waals surface area (Å²) in [5, 5.41) is 9.90. The van der Waals surface area contributed by atoms with E-state index in [0.29, 0.717) is 6.61 Å². The minimum atomic E-state index is -2.70. The van der Waals surface area contributed by atoms with Crippen LogP contribution in [0.2, 0.25) is 0 Å². The molecule has 1 saturated heterocycles. The Kier molecular flexibility index (Phi) is 2.86. The fourth-order valence-electron chi connectivity index (χ4n) is 1.64. The molecule has 3 unspecified atom stereocenters. The van der Waals surface area contributed by atoms with E-state index in [4.69, 9.17) is 16.1 Å². The third-order valence-electron chi connectivity index (χ3n) is 2.57. The lowest BCUT2D eigenvalue weighted by Gasteiger charge is -2.28. The number of alkyl halides is 1. The van der Waals surface area contributed by atoms with Gasteiger partial charge in [0.1, 0.15) is 0 Å². The van der Waals surface area contributed by atoms with Crippen LogP contribution in [-0.2, 0) is 9.09 Å². The molecular weight excluding hydrogens is 211 g/mol. The summed E-state index contributed by atoms with van der Waals surface area (Å²) < 4.78 is 17.2. The Morgan fingerprint density at radius 3 is 2.38 bits per heavy atom. The van der Waals surface area contributed by atoms with Gasteiger partial charge in [-0.15, -0.1) is 11.6 Å². The minimum Gasteiger partial charge on any atom is -0.388 e. The van der Waals surface area contributed by atoms with Crippen LogP contribution in [0.15, 0.2) is 0 Å². The summed E-state index contributed by atoms with van der Waals surface area (Å²) in [6, 6.07) is 0. The normalized spacial score (nSPS) is 51.2. The van der Waals surface area contributed by atoms with Gasteiger partial charge in [0, 0.05) is 6.16 Å². The zero-order valence-corrected chi connectivity index (χ0v) is 9.86. The van der Waals surface area contributed by atoms with Gasteiger partial charge in [0.15, 0.2) is 0 Å². The molecule has 0 aliphatic carbocycles. The van der Waals surface area contributed by atoms with Crippen LogP contribution in [0.4, 0.5) is 0 Å². The van der Waals surface area contributed by atoms with E-state index in [9.17, 15) is 9.67 Å². The Balaban J connectivity index is 2.87. The number of rotatable bonds is 2. The molecule has 0 saturated carbocycles. The molecule has 0 spiro atoms. The number of aliphatic hydroxyl groups is 1. The van der Waals surface area contributed by atoms with E-state index in [1.54, 1.807) is 20.8 Å². The summed E-state index contributed by atoms with van der Waals surface area (Å²) in [6.07, 6.45) is 0.413. The van der Waals surface area contributed by atoms with Crippen LogP contribution in [0.5, 0.6) is 0 Å². The molecule has 0 aromatic carbocycles. The molecular formula is C8H16ClO3P. The predicted molar refractivity (Wildman–Crippen MR) is 53.8 cm³/mol. The lowest BCUT2D eigenvalue weighted by Crippen LogP contribution is -2.44. The van der Waals surface area contributed by atoms with E-state index in [1.165, 1.54) is 0 Å². The molecule has 1 aliphatic heterocycles. The number of hydrogen-bond acceptors (Lipinski definition) is 3. The maximum Gasteiger partial charge on any atom is 0.207 e. The van der Waals surface area contributed by atoms with Crippen molar-refractivity contribution in [3.8, 4) is 0 Å². The molecule has 0 amide bonds. The van der Waals surface area contributed by atoms with Gasteiger partial charge in [0.2, 0.25) is 7.37 Å². The van der Waals surface area contributed by atoms with E-state index in [-0.39, 0.29) is 12.3 Å². The summed E-state index contributed by atoms with van der Waals surface area (Å²) >= 11 is 6.08. The molecule has 1 N–H and O–H groups in total. The molecule has 1 rings (SSSR count). The molecule has 5 heteroatoms. The first-order chi connectivity index (χ1) is 5.72. The van der Waals surface area contributed by atoms with Crippen molar-refractivity contribution in [1.29, 1.82) is 0 Å². The first-order valence-electron chi connectivity index (χ1n) is 4.36. The van der Waals surface area contributed by atoms with Crippen LogP contribution < -0.4 is 0 Å². The molecule has 1 fully saturated rings. The molecule has 78 valence electrons. The van der Waals surface area contributed by atoms with Crippen molar-refractivity contribution in [2.45, 2.75) is 31.2 Å². The van der Waals surface area contributed by atoms with Crippen LogP contribution in [0.1, 0.15) is 20.8 Å². The largest absolute Gasteiger partial charge is 0.388 e. The Labute approximate surface area is 83.9 Å². The van der Waals surface area contributed by atoms with Gasteiger partial charge in [-0.05, 0) is 20.8 Å². The van der Waals surface area contributed by atoms with Gasteiger partial charge in [-0.3, -0.25) is 4.57 Å². The highest BCUT2D eigenvalue weighted by Gasteiger charge is 2.56. The molecule has 0 radical (unpaired) electrons. The highest BCUT2D eigenvalue weighted by atomic mass is 35.5. The van der Waals surface area contributed by atoms with Crippen LogP contribution in [0.25, 0.3) is 0 Å². The maximum atomic E-state index is 12.0. The minimum absolute atomic E-state index is 0.161. The summed E-state index contributed by atoms with van der Waals surface area (Å²) in [5.74, 6) is 0. The van der Waals surface area contributed by atoms with Crippen molar-refractivity contribution in [3.05, 3.63) is 0 Å². The average Bonchev–Trinajstić information content (AvgIpc) is 1.96. The second-order valence-corrected chi connectivity index (χ2v) is 7.37. The first kappa shape index (κ1) is 11.5. The molecule has 3 nitrogen and oxygen atoms in total. The summed E-state index contributed by atoms with van der Waals surface area (Å²) in [4.78, 5) is -0.836. The quantitative estimate of drug-likeness (QED) is 0.579. The predicted octanol–water partition coefficient (Wildman–Crippen LogP) is 2.06. The standard InChI is InChI=1S/C8H16ClO3P/c1-4-12-13(11)5-7(2,9)8(3,10)6-13/h10H,4-6H2,1-3H3. The van der Waals surface area contributed by atoms with Crippen LogP contribution in [0.3, 0.4) is 0 Å². The number of hydrogen-bond donors (Lipinski definition) is 1. The average molecular weight is 227 g/mol. The molecule has 13 heavy (non-hydrogen) atoms. The molecule has 1 aliphatic rings. The van der Waals surface area contributed by atoms with Crippen molar-refractivity contribution < 1.29 is 14.2 Å². The van der Waals surface area contributed by atoms with E-state index in [1.807, 2.05) is 0 Å². The Bertz CT molecular complexity index is 230. The highest BCUT2D eigenvalue weighted by molar-refractivity contribution is 7.59. The molecule has 1 heterocycles. The van der Waals surface area contributed by atoms with Crippen molar-refractivity contribution in [2.75, 3.05) is 18.9 Å². The van der Waals surface area contributed by atoms with Crippen molar-refractivity contribution in [3.63, 3.8) is 0 Å². The van der Waals surface area contributed by atoms with Gasteiger partial charge >= 0.3 is 0 Å². The second-order valence-electron chi connectivity index (χ2n) is 4.02. The molecule has 3 atom stereocenters. The number of halogens is 1. The summed E-state index contributed by atoms with van der Waals surface area (Å²) in [5.41, 5.74) is -1.10. The van der Waals surface area contributed by atoms with E-state index >= 15 is 0 Å². The Morgan fingerprint density at radius 1 is 1.54 bits per heavy atom. The lowest BCUT2D eigenvalue weighted by atomic mass is 9.94. The van der Waals surface area contributed by atoms with E-state index < -0.39 is 17.8 Å².